The second-order valence-corrected chi connectivity index (χ2v) is 15.3. The molecule has 1 aliphatic heterocycles. The lowest BCUT2D eigenvalue weighted by molar-refractivity contribution is -0.0120. The Bertz CT molecular complexity index is 1050. The first-order valence-electron chi connectivity index (χ1n) is 17.0. The van der Waals surface area contributed by atoms with Gasteiger partial charge >= 0.3 is 6.03 Å². The number of likely N-dealkylation sites (tertiary alicyclic amines) is 1. The fourth-order valence-corrected chi connectivity index (χ4v) is 8.88. The molecule has 1 aromatic heterocycles. The Hall–Kier alpha value is -2.29. The van der Waals surface area contributed by atoms with E-state index < -0.39 is 0 Å². The zero-order chi connectivity index (χ0) is 29.3. The summed E-state index contributed by atoms with van der Waals surface area (Å²) in [7, 11) is 0. The fourth-order valence-electron chi connectivity index (χ4n) is 8.88. The van der Waals surface area contributed by atoms with Crippen molar-refractivity contribution in [3.63, 3.8) is 0 Å². The number of aromatic nitrogens is 2. The molecule has 0 atom stereocenters. The van der Waals surface area contributed by atoms with Crippen LogP contribution in [-0.2, 0) is 6.54 Å². The highest BCUT2D eigenvalue weighted by Crippen LogP contribution is 2.53. The van der Waals surface area contributed by atoms with Crippen molar-refractivity contribution in [2.24, 2.45) is 29.6 Å². The van der Waals surface area contributed by atoms with E-state index in [-0.39, 0.29) is 23.5 Å². The summed E-state index contributed by atoms with van der Waals surface area (Å²) in [4.78, 5) is 28.5. The van der Waals surface area contributed by atoms with Crippen LogP contribution in [0.2, 0.25) is 0 Å². The summed E-state index contributed by atoms with van der Waals surface area (Å²) in [5, 5.41) is 14.3. The van der Waals surface area contributed by atoms with Gasteiger partial charge in [0.1, 0.15) is 5.56 Å². The number of hydrogen-bond acceptors (Lipinski definition) is 5. The van der Waals surface area contributed by atoms with Crippen LogP contribution in [-0.4, -0.2) is 70.5 Å². The smallest absolute Gasteiger partial charge is 0.315 e. The minimum absolute atomic E-state index is 0.00205. The SMILES string of the molecule is CC(C)(C)NC(=O)NC1CCN(CCn2ncc(C(=O)NC3C4CC5CC(C4)CC3C5)c2OCC2CCCCC2)CC1. The normalized spacial score (nSPS) is 30.3. The van der Waals surface area contributed by atoms with E-state index in [0.717, 1.165) is 44.3 Å². The summed E-state index contributed by atoms with van der Waals surface area (Å²) in [6.45, 7) is 10.0. The first-order chi connectivity index (χ1) is 20.2. The summed E-state index contributed by atoms with van der Waals surface area (Å²) >= 11 is 0. The lowest BCUT2D eigenvalue weighted by atomic mass is 9.54. The molecular weight excluding hydrogens is 528 g/mol. The van der Waals surface area contributed by atoms with Gasteiger partial charge in [0.05, 0.1) is 19.3 Å². The Morgan fingerprint density at radius 2 is 1.57 bits per heavy atom. The molecule has 6 aliphatic rings. The Labute approximate surface area is 252 Å². The highest BCUT2D eigenvalue weighted by atomic mass is 16.5. The van der Waals surface area contributed by atoms with Crippen molar-refractivity contribution in [2.75, 3.05) is 26.2 Å². The average molecular weight is 583 g/mol. The topological polar surface area (TPSA) is 101 Å². The van der Waals surface area contributed by atoms with E-state index in [0.29, 0.717) is 48.4 Å². The summed E-state index contributed by atoms with van der Waals surface area (Å²) in [6, 6.07) is 0.417. The second kappa shape index (κ2) is 12.7. The van der Waals surface area contributed by atoms with E-state index in [1.54, 1.807) is 6.20 Å². The van der Waals surface area contributed by atoms with Crippen LogP contribution in [0.15, 0.2) is 6.20 Å². The van der Waals surface area contributed by atoms with Crippen molar-refractivity contribution in [1.82, 2.24) is 30.6 Å². The number of piperidine rings is 1. The van der Waals surface area contributed by atoms with E-state index in [2.05, 4.69) is 20.9 Å². The number of hydrogen-bond donors (Lipinski definition) is 3. The van der Waals surface area contributed by atoms with Crippen LogP contribution in [0.5, 0.6) is 5.88 Å². The van der Waals surface area contributed by atoms with Gasteiger partial charge in [-0.3, -0.25) is 4.79 Å². The van der Waals surface area contributed by atoms with Crippen molar-refractivity contribution in [3.8, 4) is 5.88 Å². The van der Waals surface area contributed by atoms with Gasteiger partial charge in [0, 0.05) is 37.3 Å². The van der Waals surface area contributed by atoms with E-state index in [1.807, 2.05) is 25.5 Å². The highest BCUT2D eigenvalue weighted by Gasteiger charge is 2.48. The number of carbonyl (C=O) groups is 2. The van der Waals surface area contributed by atoms with Gasteiger partial charge in [0.2, 0.25) is 5.88 Å². The first kappa shape index (κ1) is 29.8. The molecule has 0 spiro atoms. The molecule has 9 nitrogen and oxygen atoms in total. The lowest BCUT2D eigenvalue weighted by Crippen LogP contribution is -2.55. The maximum absolute atomic E-state index is 13.7. The highest BCUT2D eigenvalue weighted by molar-refractivity contribution is 5.96. The third-order valence-electron chi connectivity index (χ3n) is 10.8. The molecule has 5 aliphatic carbocycles. The Morgan fingerprint density at radius 1 is 0.905 bits per heavy atom. The fraction of sp³-hybridized carbons (Fsp3) is 0.848. The first-order valence-corrected chi connectivity index (χ1v) is 17.0. The molecule has 2 heterocycles. The van der Waals surface area contributed by atoms with E-state index in [9.17, 15) is 9.59 Å². The predicted molar refractivity (Wildman–Crippen MR) is 163 cm³/mol. The Kier molecular flexibility index (Phi) is 9.04. The molecule has 1 aromatic rings. The summed E-state index contributed by atoms with van der Waals surface area (Å²) in [5.41, 5.74) is 0.365. The number of nitrogens with one attached hydrogen (secondary N) is 3. The molecular formula is C33H54N6O3. The molecule has 234 valence electrons. The summed E-state index contributed by atoms with van der Waals surface area (Å²) in [5.74, 6) is 4.27. The number of urea groups is 1. The Balaban J connectivity index is 1.06. The van der Waals surface area contributed by atoms with Gasteiger partial charge in [-0.25, -0.2) is 9.48 Å². The van der Waals surface area contributed by atoms with Gasteiger partial charge in [-0.15, -0.1) is 0 Å². The molecule has 5 saturated carbocycles. The Morgan fingerprint density at radius 3 is 2.21 bits per heavy atom. The van der Waals surface area contributed by atoms with Crippen LogP contribution in [0.3, 0.4) is 0 Å². The zero-order valence-electron chi connectivity index (χ0n) is 26.2. The van der Waals surface area contributed by atoms with Gasteiger partial charge in [-0.1, -0.05) is 19.3 Å². The predicted octanol–water partition coefficient (Wildman–Crippen LogP) is 4.96. The molecule has 1 saturated heterocycles. The summed E-state index contributed by atoms with van der Waals surface area (Å²) in [6.07, 6.45) is 16.5. The number of amides is 3. The molecule has 3 N–H and O–H groups in total. The third-order valence-corrected chi connectivity index (χ3v) is 10.8. The zero-order valence-corrected chi connectivity index (χ0v) is 26.2. The molecule has 0 radical (unpaired) electrons. The maximum Gasteiger partial charge on any atom is 0.315 e. The molecule has 6 fully saturated rings. The average Bonchev–Trinajstić information content (AvgIpc) is 3.35. The van der Waals surface area contributed by atoms with Crippen LogP contribution in [0.1, 0.15) is 108 Å². The maximum atomic E-state index is 13.7. The van der Waals surface area contributed by atoms with Gasteiger partial charge in [-0.2, -0.15) is 5.10 Å². The van der Waals surface area contributed by atoms with Gasteiger partial charge < -0.3 is 25.6 Å². The van der Waals surface area contributed by atoms with E-state index in [4.69, 9.17) is 9.84 Å². The molecule has 4 bridgehead atoms. The van der Waals surface area contributed by atoms with Crippen LogP contribution >= 0.6 is 0 Å². The van der Waals surface area contributed by atoms with Crippen LogP contribution in [0.25, 0.3) is 0 Å². The van der Waals surface area contributed by atoms with Crippen LogP contribution in [0, 0.1) is 29.6 Å². The molecule has 0 unspecified atom stereocenters. The molecule has 7 rings (SSSR count). The number of ether oxygens (including phenoxy) is 1. The van der Waals surface area contributed by atoms with Gasteiger partial charge in [-0.05, 0) is 108 Å². The molecule has 9 heteroatoms. The standard InChI is InChI=1S/C33H54N6O3/c1-33(2,3)37-32(41)35-27-9-11-38(12-10-27)13-14-39-31(42-21-22-7-5-4-6-8-22)28(20-34-39)30(40)36-29-25-16-23-15-24(18-25)19-26(29)17-23/h20,22-27,29H,4-19,21H2,1-3H3,(H,36,40)(H2,35,37,41). The lowest BCUT2D eigenvalue weighted by Gasteiger charge is -2.54. The van der Waals surface area contributed by atoms with Gasteiger partial charge in [0.25, 0.3) is 5.91 Å². The van der Waals surface area contributed by atoms with Crippen LogP contribution < -0.4 is 20.7 Å². The number of carbonyl (C=O) groups excluding carboxylic acids is 2. The van der Waals surface area contributed by atoms with Crippen molar-refractivity contribution < 1.29 is 14.3 Å². The third kappa shape index (κ3) is 7.25. The van der Waals surface area contributed by atoms with Crippen molar-refractivity contribution in [3.05, 3.63) is 11.8 Å². The largest absolute Gasteiger partial charge is 0.477 e. The quantitative estimate of drug-likeness (QED) is 0.382. The van der Waals surface area contributed by atoms with Gasteiger partial charge in [0.15, 0.2) is 0 Å². The number of rotatable bonds is 9. The van der Waals surface area contributed by atoms with Crippen molar-refractivity contribution in [2.45, 2.75) is 122 Å². The van der Waals surface area contributed by atoms with E-state index in [1.165, 1.54) is 64.2 Å². The minimum Gasteiger partial charge on any atom is -0.477 e. The summed E-state index contributed by atoms with van der Waals surface area (Å²) < 4.78 is 8.41. The minimum atomic E-state index is -0.239. The van der Waals surface area contributed by atoms with E-state index >= 15 is 0 Å². The van der Waals surface area contributed by atoms with Crippen molar-refractivity contribution in [1.29, 1.82) is 0 Å². The second-order valence-electron chi connectivity index (χ2n) is 15.3. The monoisotopic (exact) mass is 582 g/mol. The number of nitrogens with zero attached hydrogens (tertiary/aromatic N) is 3. The van der Waals surface area contributed by atoms with Crippen molar-refractivity contribution >= 4 is 11.9 Å². The molecule has 42 heavy (non-hydrogen) atoms. The molecule has 3 amide bonds. The molecule has 0 aromatic carbocycles. The van der Waals surface area contributed by atoms with Crippen LogP contribution in [0.4, 0.5) is 4.79 Å².